The maximum Gasteiger partial charge on any atom is 0.170 e. The van der Waals surface area contributed by atoms with E-state index in [1.54, 1.807) is 0 Å². The first-order valence-corrected chi connectivity index (χ1v) is 8.44. The Bertz CT molecular complexity index is 1000. The third-order valence-electron chi connectivity index (χ3n) is 4.49. The SMILES string of the molecule is Cc1cc(N)ccc1-c1ccc(-c2ccc(-c3ccc(N)cc3C)o2)o1. The molecule has 0 atom stereocenters. The molecule has 4 N–H and O–H groups in total. The number of rotatable bonds is 3. The summed E-state index contributed by atoms with van der Waals surface area (Å²) in [5.74, 6) is 2.96. The van der Waals surface area contributed by atoms with Crippen LogP contribution in [0.1, 0.15) is 11.1 Å². The quantitative estimate of drug-likeness (QED) is 0.470. The summed E-state index contributed by atoms with van der Waals surface area (Å²) in [6.45, 7) is 4.03. The molecule has 2 heterocycles. The minimum Gasteiger partial charge on any atom is -0.453 e. The predicted molar refractivity (Wildman–Crippen MR) is 106 cm³/mol. The molecule has 0 bridgehead atoms. The van der Waals surface area contributed by atoms with Gasteiger partial charge in [0.25, 0.3) is 0 Å². The summed E-state index contributed by atoms with van der Waals surface area (Å²) in [6.07, 6.45) is 0. The number of hydrogen-bond donors (Lipinski definition) is 2. The van der Waals surface area contributed by atoms with Crippen molar-refractivity contribution in [2.45, 2.75) is 13.8 Å². The highest BCUT2D eigenvalue weighted by atomic mass is 16.4. The Morgan fingerprint density at radius 1 is 0.538 bits per heavy atom. The lowest BCUT2D eigenvalue weighted by Crippen LogP contribution is -1.87. The zero-order valence-corrected chi connectivity index (χ0v) is 14.7. The van der Waals surface area contributed by atoms with E-state index in [2.05, 4.69) is 0 Å². The van der Waals surface area contributed by atoms with E-state index in [1.165, 1.54) is 0 Å². The van der Waals surface area contributed by atoms with E-state index >= 15 is 0 Å². The number of nitrogen functional groups attached to an aromatic ring is 2. The van der Waals surface area contributed by atoms with Gasteiger partial charge in [-0.25, -0.2) is 0 Å². The smallest absolute Gasteiger partial charge is 0.170 e. The zero-order chi connectivity index (χ0) is 18.3. The third-order valence-corrected chi connectivity index (χ3v) is 4.49. The maximum absolute atomic E-state index is 6.02. The lowest BCUT2D eigenvalue weighted by molar-refractivity contribution is 0.538. The first-order chi connectivity index (χ1) is 12.5. The second kappa shape index (κ2) is 6.15. The molecule has 0 fully saturated rings. The first-order valence-electron chi connectivity index (χ1n) is 8.44. The van der Waals surface area contributed by atoms with E-state index in [0.717, 1.165) is 45.1 Å². The Labute approximate surface area is 152 Å². The molecule has 4 aromatic rings. The number of aryl methyl sites for hydroxylation is 2. The molecule has 4 heteroatoms. The molecule has 0 unspecified atom stereocenters. The van der Waals surface area contributed by atoms with Crippen molar-refractivity contribution in [2.24, 2.45) is 0 Å². The van der Waals surface area contributed by atoms with Gasteiger partial charge in [-0.2, -0.15) is 0 Å². The normalized spacial score (nSPS) is 11.0. The maximum atomic E-state index is 6.02. The van der Waals surface area contributed by atoms with Crippen LogP contribution in [0.2, 0.25) is 0 Å². The standard InChI is InChI=1S/C22H20N2O2/c1-13-11-15(23)3-5-17(13)19-7-9-21(25-19)22-10-8-20(26-22)18-6-4-16(24)12-14(18)2/h3-12H,23-24H2,1-2H3. The topological polar surface area (TPSA) is 78.3 Å². The van der Waals surface area contributed by atoms with Crippen molar-refractivity contribution in [1.82, 2.24) is 0 Å². The Kier molecular flexibility index (Phi) is 3.81. The van der Waals surface area contributed by atoms with E-state index in [-0.39, 0.29) is 0 Å². The van der Waals surface area contributed by atoms with Gasteiger partial charge in [0, 0.05) is 22.5 Å². The minimum atomic E-state index is 0.690. The second-order valence-corrected chi connectivity index (χ2v) is 6.48. The van der Waals surface area contributed by atoms with Gasteiger partial charge in [-0.3, -0.25) is 0 Å². The molecule has 4 nitrogen and oxygen atoms in total. The van der Waals surface area contributed by atoms with E-state index in [9.17, 15) is 0 Å². The number of furan rings is 2. The molecule has 0 aliphatic heterocycles. The average molecular weight is 344 g/mol. The number of benzene rings is 2. The fourth-order valence-corrected chi connectivity index (χ4v) is 3.16. The summed E-state index contributed by atoms with van der Waals surface area (Å²) in [4.78, 5) is 0. The van der Waals surface area contributed by atoms with Crippen LogP contribution in [0.5, 0.6) is 0 Å². The van der Waals surface area contributed by atoms with Gasteiger partial charge in [0.15, 0.2) is 11.5 Å². The van der Waals surface area contributed by atoms with Crippen molar-refractivity contribution in [3.63, 3.8) is 0 Å². The zero-order valence-electron chi connectivity index (χ0n) is 14.7. The van der Waals surface area contributed by atoms with Crippen LogP contribution in [0.4, 0.5) is 11.4 Å². The molecule has 0 amide bonds. The van der Waals surface area contributed by atoms with Crippen LogP contribution in [0.25, 0.3) is 34.2 Å². The molecule has 2 aromatic carbocycles. The van der Waals surface area contributed by atoms with Gasteiger partial charge in [0.05, 0.1) is 0 Å². The Morgan fingerprint density at radius 2 is 0.923 bits per heavy atom. The fourth-order valence-electron chi connectivity index (χ4n) is 3.16. The number of hydrogen-bond acceptors (Lipinski definition) is 4. The van der Waals surface area contributed by atoms with Crippen molar-refractivity contribution in [1.29, 1.82) is 0 Å². The number of anilines is 2. The minimum absolute atomic E-state index is 0.690. The average Bonchev–Trinajstić information content (AvgIpc) is 3.24. The third kappa shape index (κ3) is 2.86. The van der Waals surface area contributed by atoms with Crippen LogP contribution in [0.15, 0.2) is 69.5 Å². The van der Waals surface area contributed by atoms with Crippen LogP contribution < -0.4 is 11.5 Å². The Hall–Kier alpha value is -3.40. The number of nitrogens with two attached hydrogens (primary N) is 2. The van der Waals surface area contributed by atoms with E-state index in [0.29, 0.717) is 11.5 Å². The van der Waals surface area contributed by atoms with Crippen molar-refractivity contribution >= 4 is 11.4 Å². The molecule has 4 rings (SSSR count). The molecule has 0 saturated heterocycles. The van der Waals surface area contributed by atoms with Crippen LogP contribution in [0.3, 0.4) is 0 Å². The lowest BCUT2D eigenvalue weighted by Gasteiger charge is -2.04. The van der Waals surface area contributed by atoms with E-state index in [4.69, 9.17) is 20.3 Å². The molecule has 0 aliphatic rings. The molecular weight excluding hydrogens is 324 g/mol. The van der Waals surface area contributed by atoms with E-state index in [1.807, 2.05) is 74.5 Å². The highest BCUT2D eigenvalue weighted by molar-refractivity contribution is 5.70. The summed E-state index contributed by atoms with van der Waals surface area (Å²) in [7, 11) is 0. The highest BCUT2D eigenvalue weighted by Gasteiger charge is 2.14. The van der Waals surface area contributed by atoms with Crippen molar-refractivity contribution < 1.29 is 8.83 Å². The summed E-state index contributed by atoms with van der Waals surface area (Å²) in [5, 5.41) is 0. The van der Waals surface area contributed by atoms with Crippen molar-refractivity contribution in [3.05, 3.63) is 71.8 Å². The Morgan fingerprint density at radius 3 is 1.31 bits per heavy atom. The Balaban J connectivity index is 1.67. The molecular formula is C22H20N2O2. The molecule has 0 spiro atoms. The summed E-state index contributed by atoms with van der Waals surface area (Å²) < 4.78 is 12.0. The summed E-state index contributed by atoms with van der Waals surface area (Å²) in [5.41, 5.74) is 17.3. The summed E-state index contributed by atoms with van der Waals surface area (Å²) in [6, 6.07) is 19.3. The van der Waals surface area contributed by atoms with E-state index < -0.39 is 0 Å². The van der Waals surface area contributed by atoms with Gasteiger partial charge in [-0.1, -0.05) is 0 Å². The van der Waals surface area contributed by atoms with Crippen molar-refractivity contribution in [3.8, 4) is 34.2 Å². The molecule has 26 heavy (non-hydrogen) atoms. The van der Waals surface area contributed by atoms with Gasteiger partial charge in [-0.15, -0.1) is 0 Å². The largest absolute Gasteiger partial charge is 0.453 e. The van der Waals surface area contributed by atoms with Crippen molar-refractivity contribution in [2.75, 3.05) is 11.5 Å². The predicted octanol–water partition coefficient (Wildman–Crippen LogP) is 5.65. The lowest BCUT2D eigenvalue weighted by atomic mass is 10.1. The monoisotopic (exact) mass is 344 g/mol. The summed E-state index contributed by atoms with van der Waals surface area (Å²) >= 11 is 0. The second-order valence-electron chi connectivity index (χ2n) is 6.48. The first kappa shape index (κ1) is 16.1. The van der Waals surface area contributed by atoms with Crippen LogP contribution >= 0.6 is 0 Å². The molecule has 0 aliphatic carbocycles. The van der Waals surface area contributed by atoms with Crippen LogP contribution in [0, 0.1) is 13.8 Å². The van der Waals surface area contributed by atoms with Crippen LogP contribution in [-0.4, -0.2) is 0 Å². The molecule has 130 valence electrons. The van der Waals surface area contributed by atoms with Gasteiger partial charge >= 0.3 is 0 Å². The van der Waals surface area contributed by atoms with Gasteiger partial charge < -0.3 is 20.3 Å². The molecule has 2 aromatic heterocycles. The van der Waals surface area contributed by atoms with Gasteiger partial charge in [0.2, 0.25) is 0 Å². The van der Waals surface area contributed by atoms with Gasteiger partial charge in [-0.05, 0) is 85.6 Å². The fraction of sp³-hybridized carbons (Fsp3) is 0.0909. The van der Waals surface area contributed by atoms with Gasteiger partial charge in [0.1, 0.15) is 11.5 Å². The highest BCUT2D eigenvalue weighted by Crippen LogP contribution is 2.34. The van der Waals surface area contributed by atoms with Crippen LogP contribution in [-0.2, 0) is 0 Å². The molecule has 0 radical (unpaired) electrons. The molecule has 0 saturated carbocycles.